The van der Waals surface area contributed by atoms with Crippen molar-refractivity contribution in [3.63, 3.8) is 0 Å². The molecule has 0 radical (unpaired) electrons. The van der Waals surface area contributed by atoms with E-state index in [1.807, 2.05) is 30.3 Å². The fraction of sp³-hybridized carbons (Fsp3) is 0.533. The molecule has 4 heteroatoms. The third-order valence-electron chi connectivity index (χ3n) is 3.66. The lowest BCUT2D eigenvalue weighted by Gasteiger charge is -2.33. The molecule has 1 unspecified atom stereocenters. The van der Waals surface area contributed by atoms with E-state index in [1.165, 1.54) is 19.3 Å². The lowest BCUT2D eigenvalue weighted by molar-refractivity contribution is 0.162. The van der Waals surface area contributed by atoms with Crippen LogP contribution in [0.15, 0.2) is 30.3 Å². The Labute approximate surface area is 115 Å². The number of urea groups is 1. The van der Waals surface area contributed by atoms with Gasteiger partial charge in [0.05, 0.1) is 0 Å². The van der Waals surface area contributed by atoms with E-state index in [4.69, 9.17) is 0 Å². The summed E-state index contributed by atoms with van der Waals surface area (Å²) in [4.78, 5) is 14.1. The van der Waals surface area contributed by atoms with Gasteiger partial charge in [0.15, 0.2) is 0 Å². The number of nitrogens with zero attached hydrogens (tertiary/aromatic N) is 1. The lowest BCUT2D eigenvalue weighted by Crippen LogP contribution is -2.43. The van der Waals surface area contributed by atoms with Crippen LogP contribution in [0.3, 0.4) is 0 Å². The molecule has 1 aromatic carbocycles. The summed E-state index contributed by atoms with van der Waals surface area (Å²) in [5.74, 6) is 0. The average Bonchev–Trinajstić information content (AvgIpc) is 2.42. The predicted octanol–water partition coefficient (Wildman–Crippen LogP) is 2.68. The quantitative estimate of drug-likeness (QED) is 0.875. The number of carbonyl (C=O) groups is 1. The van der Waals surface area contributed by atoms with Gasteiger partial charge in [-0.2, -0.15) is 0 Å². The molecule has 1 fully saturated rings. The van der Waals surface area contributed by atoms with E-state index >= 15 is 0 Å². The third kappa shape index (κ3) is 4.56. The van der Waals surface area contributed by atoms with Crippen LogP contribution in [-0.4, -0.2) is 36.6 Å². The molecule has 0 spiro atoms. The molecule has 2 amide bonds. The number of piperidine rings is 1. The van der Waals surface area contributed by atoms with Gasteiger partial charge in [0.2, 0.25) is 0 Å². The van der Waals surface area contributed by atoms with Crippen LogP contribution >= 0.6 is 0 Å². The second kappa shape index (κ2) is 7.14. The van der Waals surface area contributed by atoms with Crippen LogP contribution in [0.4, 0.5) is 10.5 Å². The number of para-hydroxylation sites is 1. The number of anilines is 1. The number of nitrogens with one attached hydrogen (secondary N) is 2. The molecule has 0 aromatic heterocycles. The smallest absolute Gasteiger partial charge is 0.319 e. The van der Waals surface area contributed by atoms with Gasteiger partial charge >= 0.3 is 6.03 Å². The molecule has 0 aliphatic carbocycles. The van der Waals surface area contributed by atoms with Gasteiger partial charge in [0.1, 0.15) is 0 Å². The fourth-order valence-corrected chi connectivity index (χ4v) is 2.50. The van der Waals surface area contributed by atoms with E-state index in [9.17, 15) is 4.79 Å². The van der Waals surface area contributed by atoms with Crippen LogP contribution in [0.1, 0.15) is 26.2 Å². The molecule has 4 nitrogen and oxygen atoms in total. The highest BCUT2D eigenvalue weighted by atomic mass is 16.2. The maximum absolute atomic E-state index is 11.7. The van der Waals surface area contributed by atoms with Crippen molar-refractivity contribution in [1.29, 1.82) is 0 Å². The van der Waals surface area contributed by atoms with Gasteiger partial charge < -0.3 is 10.6 Å². The van der Waals surface area contributed by atoms with Crippen LogP contribution in [0, 0.1) is 0 Å². The summed E-state index contributed by atoms with van der Waals surface area (Å²) < 4.78 is 0. The van der Waals surface area contributed by atoms with Crippen molar-refractivity contribution < 1.29 is 4.79 Å². The molecule has 1 aromatic rings. The van der Waals surface area contributed by atoms with Gasteiger partial charge in [0.25, 0.3) is 0 Å². The van der Waals surface area contributed by atoms with Gasteiger partial charge in [0, 0.05) is 24.8 Å². The highest BCUT2D eigenvalue weighted by Gasteiger charge is 2.17. The van der Waals surface area contributed by atoms with Crippen molar-refractivity contribution in [3.05, 3.63) is 30.3 Å². The van der Waals surface area contributed by atoms with E-state index in [-0.39, 0.29) is 6.03 Å². The van der Waals surface area contributed by atoms with E-state index < -0.39 is 0 Å². The molecule has 1 saturated heterocycles. The van der Waals surface area contributed by atoms with Gasteiger partial charge in [-0.3, -0.25) is 4.90 Å². The van der Waals surface area contributed by atoms with Crippen LogP contribution < -0.4 is 10.6 Å². The standard InChI is InChI=1S/C15H23N3O/c1-13-7-5-6-11-18(13)12-10-16-15(19)17-14-8-3-2-4-9-14/h2-4,8-9,13H,5-7,10-12H2,1H3,(H2,16,17,19). The Morgan fingerprint density at radius 2 is 2.11 bits per heavy atom. The van der Waals surface area contributed by atoms with Crippen LogP contribution in [0.5, 0.6) is 0 Å². The SMILES string of the molecule is CC1CCCCN1CCNC(=O)Nc1ccccc1. The first-order valence-electron chi connectivity index (χ1n) is 7.09. The van der Waals surface area contributed by atoms with Gasteiger partial charge in [-0.05, 0) is 38.4 Å². The Morgan fingerprint density at radius 1 is 1.32 bits per heavy atom. The Bertz CT molecular complexity index is 394. The molecular weight excluding hydrogens is 238 g/mol. The van der Waals surface area contributed by atoms with Crippen LogP contribution in [0.2, 0.25) is 0 Å². The van der Waals surface area contributed by atoms with Crippen LogP contribution in [-0.2, 0) is 0 Å². The molecule has 0 bridgehead atoms. The molecule has 2 rings (SSSR count). The van der Waals surface area contributed by atoms with E-state index in [2.05, 4.69) is 22.5 Å². The molecule has 1 aliphatic rings. The maximum Gasteiger partial charge on any atom is 0.319 e. The van der Waals surface area contributed by atoms with Gasteiger partial charge in [-0.15, -0.1) is 0 Å². The highest BCUT2D eigenvalue weighted by molar-refractivity contribution is 5.89. The minimum Gasteiger partial charge on any atom is -0.337 e. The van der Waals surface area contributed by atoms with Crippen molar-refractivity contribution in [2.75, 3.05) is 25.0 Å². The molecule has 104 valence electrons. The maximum atomic E-state index is 11.7. The van der Waals surface area contributed by atoms with E-state index in [1.54, 1.807) is 0 Å². The lowest BCUT2D eigenvalue weighted by atomic mass is 10.0. The Kier molecular flexibility index (Phi) is 5.21. The Balaban J connectivity index is 1.66. The van der Waals surface area contributed by atoms with Crippen molar-refractivity contribution in [1.82, 2.24) is 10.2 Å². The number of amides is 2. The first-order valence-corrected chi connectivity index (χ1v) is 7.09. The first kappa shape index (κ1) is 13.9. The molecular formula is C15H23N3O. The largest absolute Gasteiger partial charge is 0.337 e. The molecule has 2 N–H and O–H groups in total. The van der Waals surface area contributed by atoms with Crippen molar-refractivity contribution in [2.45, 2.75) is 32.2 Å². The zero-order chi connectivity index (χ0) is 13.5. The van der Waals surface area contributed by atoms with E-state index in [0.29, 0.717) is 12.6 Å². The number of hydrogen-bond acceptors (Lipinski definition) is 2. The topological polar surface area (TPSA) is 44.4 Å². The van der Waals surface area contributed by atoms with Crippen molar-refractivity contribution in [3.8, 4) is 0 Å². The number of carbonyl (C=O) groups excluding carboxylic acids is 1. The Hall–Kier alpha value is -1.55. The highest BCUT2D eigenvalue weighted by Crippen LogP contribution is 2.15. The van der Waals surface area contributed by atoms with Gasteiger partial charge in [-0.1, -0.05) is 24.6 Å². The minimum absolute atomic E-state index is 0.129. The number of hydrogen-bond donors (Lipinski definition) is 2. The first-order chi connectivity index (χ1) is 9.25. The summed E-state index contributed by atoms with van der Waals surface area (Å²) in [5, 5.41) is 5.73. The molecule has 1 aliphatic heterocycles. The van der Waals surface area contributed by atoms with Crippen molar-refractivity contribution >= 4 is 11.7 Å². The summed E-state index contributed by atoms with van der Waals surface area (Å²) in [6.45, 7) is 5.05. The third-order valence-corrected chi connectivity index (χ3v) is 3.66. The monoisotopic (exact) mass is 261 g/mol. The summed E-state index contributed by atoms with van der Waals surface area (Å²) in [5.41, 5.74) is 0.825. The summed E-state index contributed by atoms with van der Waals surface area (Å²) in [6.07, 6.45) is 3.89. The summed E-state index contributed by atoms with van der Waals surface area (Å²) in [6, 6.07) is 10.0. The van der Waals surface area contributed by atoms with Crippen LogP contribution in [0.25, 0.3) is 0 Å². The second-order valence-corrected chi connectivity index (χ2v) is 5.13. The average molecular weight is 261 g/mol. The normalized spacial score (nSPS) is 19.9. The number of benzene rings is 1. The molecule has 19 heavy (non-hydrogen) atoms. The number of rotatable bonds is 4. The summed E-state index contributed by atoms with van der Waals surface area (Å²) >= 11 is 0. The predicted molar refractivity (Wildman–Crippen MR) is 78.3 cm³/mol. The zero-order valence-corrected chi connectivity index (χ0v) is 11.6. The molecule has 1 atom stereocenters. The molecule has 0 saturated carbocycles. The Morgan fingerprint density at radius 3 is 2.84 bits per heavy atom. The second-order valence-electron chi connectivity index (χ2n) is 5.13. The summed E-state index contributed by atoms with van der Waals surface area (Å²) in [7, 11) is 0. The minimum atomic E-state index is -0.129. The number of likely N-dealkylation sites (tertiary alicyclic amines) is 1. The van der Waals surface area contributed by atoms with E-state index in [0.717, 1.165) is 18.8 Å². The fourth-order valence-electron chi connectivity index (χ4n) is 2.50. The molecule has 1 heterocycles. The van der Waals surface area contributed by atoms with Crippen molar-refractivity contribution in [2.24, 2.45) is 0 Å². The van der Waals surface area contributed by atoms with Gasteiger partial charge in [-0.25, -0.2) is 4.79 Å². The zero-order valence-electron chi connectivity index (χ0n) is 11.6.